The Hall–Kier alpha value is -0.120. The van der Waals surface area contributed by atoms with E-state index in [1.165, 1.54) is 58.3 Å². The molecule has 1 saturated heterocycles. The molecule has 3 nitrogen and oxygen atoms in total. The lowest BCUT2D eigenvalue weighted by molar-refractivity contribution is -0.0330. The molecule has 0 amide bonds. The molecule has 0 aromatic heterocycles. The molecule has 2 aliphatic carbocycles. The van der Waals surface area contributed by atoms with Crippen molar-refractivity contribution in [1.29, 1.82) is 0 Å². The smallest absolute Gasteiger partial charge is 0.0360 e. The molecule has 2 N–H and O–H groups in total. The minimum Gasteiger partial charge on any atom is -0.329 e. The molecule has 3 unspecified atom stereocenters. The van der Waals surface area contributed by atoms with Gasteiger partial charge in [0.1, 0.15) is 0 Å². The monoisotopic (exact) mass is 265 g/mol. The van der Waals surface area contributed by atoms with Crippen molar-refractivity contribution >= 4 is 0 Å². The summed E-state index contributed by atoms with van der Waals surface area (Å²) in [4.78, 5) is 5.46. The maximum atomic E-state index is 6.27. The molecule has 0 spiro atoms. The second-order valence-electron chi connectivity index (χ2n) is 7.35. The maximum absolute atomic E-state index is 6.27. The molecule has 19 heavy (non-hydrogen) atoms. The Morgan fingerprint density at radius 2 is 1.68 bits per heavy atom. The number of hydrogen-bond donors (Lipinski definition) is 1. The number of nitrogens with two attached hydrogens (primary N) is 1. The van der Waals surface area contributed by atoms with E-state index in [2.05, 4.69) is 23.6 Å². The van der Waals surface area contributed by atoms with E-state index in [1.807, 2.05) is 0 Å². The van der Waals surface area contributed by atoms with Crippen LogP contribution in [0.3, 0.4) is 0 Å². The minimum absolute atomic E-state index is 0.299. The molecule has 0 bridgehead atoms. The van der Waals surface area contributed by atoms with E-state index in [9.17, 15) is 0 Å². The fourth-order valence-electron chi connectivity index (χ4n) is 4.54. The third kappa shape index (κ3) is 2.57. The van der Waals surface area contributed by atoms with Gasteiger partial charge in [0, 0.05) is 44.3 Å². The molecule has 3 aliphatic rings. The van der Waals surface area contributed by atoms with Gasteiger partial charge in [-0.2, -0.15) is 0 Å². The van der Waals surface area contributed by atoms with Gasteiger partial charge in [-0.3, -0.25) is 9.80 Å². The fourth-order valence-corrected chi connectivity index (χ4v) is 4.54. The van der Waals surface area contributed by atoms with Crippen molar-refractivity contribution in [2.75, 3.05) is 32.7 Å². The second-order valence-corrected chi connectivity index (χ2v) is 7.35. The van der Waals surface area contributed by atoms with Crippen LogP contribution in [0.25, 0.3) is 0 Å². The van der Waals surface area contributed by atoms with Crippen molar-refractivity contribution < 1.29 is 0 Å². The summed E-state index contributed by atoms with van der Waals surface area (Å²) in [5.41, 5.74) is 6.57. The molecule has 2 saturated carbocycles. The van der Waals surface area contributed by atoms with Gasteiger partial charge in [-0.05, 0) is 37.5 Å². The van der Waals surface area contributed by atoms with Crippen LogP contribution in [-0.4, -0.2) is 54.1 Å². The molecule has 0 aromatic carbocycles. The van der Waals surface area contributed by atoms with Gasteiger partial charge in [-0.25, -0.2) is 0 Å². The van der Waals surface area contributed by atoms with E-state index < -0.39 is 0 Å². The average molecular weight is 265 g/mol. The number of rotatable bonds is 3. The lowest BCUT2D eigenvalue weighted by atomic mass is 9.68. The topological polar surface area (TPSA) is 32.5 Å². The fraction of sp³-hybridized carbons (Fsp3) is 1.00. The van der Waals surface area contributed by atoms with Crippen molar-refractivity contribution in [2.24, 2.45) is 17.6 Å². The van der Waals surface area contributed by atoms with Crippen LogP contribution in [0.5, 0.6) is 0 Å². The molecular weight excluding hydrogens is 234 g/mol. The highest BCUT2D eigenvalue weighted by atomic mass is 15.3. The Labute approximate surface area is 118 Å². The summed E-state index contributed by atoms with van der Waals surface area (Å²) in [6.07, 6.45) is 6.95. The molecule has 0 radical (unpaired) electrons. The van der Waals surface area contributed by atoms with Gasteiger partial charge >= 0.3 is 0 Å². The number of hydrogen-bond acceptors (Lipinski definition) is 3. The molecule has 1 heterocycles. The van der Waals surface area contributed by atoms with Crippen molar-refractivity contribution in [3.05, 3.63) is 0 Å². The standard InChI is InChI=1S/C16H31N3/c1-13-3-4-14(2)16(11-13,12-17)19-9-7-18(8-10-19)15-5-6-15/h13-15H,3-12,17H2,1-2H3. The van der Waals surface area contributed by atoms with Crippen molar-refractivity contribution in [3.63, 3.8) is 0 Å². The molecule has 3 heteroatoms. The molecule has 1 aliphatic heterocycles. The normalized spacial score (nSPS) is 42.5. The third-order valence-corrected chi connectivity index (χ3v) is 6.07. The Balaban J connectivity index is 1.67. The van der Waals surface area contributed by atoms with E-state index in [0.717, 1.165) is 24.4 Å². The van der Waals surface area contributed by atoms with E-state index in [0.29, 0.717) is 5.54 Å². The van der Waals surface area contributed by atoms with Gasteiger partial charge in [-0.15, -0.1) is 0 Å². The lowest BCUT2D eigenvalue weighted by Crippen LogP contribution is -2.64. The van der Waals surface area contributed by atoms with E-state index >= 15 is 0 Å². The lowest BCUT2D eigenvalue weighted by Gasteiger charge is -2.54. The number of piperazine rings is 1. The molecule has 0 aromatic rings. The summed E-state index contributed by atoms with van der Waals surface area (Å²) in [7, 11) is 0. The highest BCUT2D eigenvalue weighted by Crippen LogP contribution is 2.41. The van der Waals surface area contributed by atoms with Gasteiger partial charge in [0.25, 0.3) is 0 Å². The first kappa shape index (κ1) is 13.8. The third-order valence-electron chi connectivity index (χ3n) is 6.07. The Bertz CT molecular complexity index is 307. The highest BCUT2D eigenvalue weighted by molar-refractivity contribution is 5.02. The first-order valence-electron chi connectivity index (χ1n) is 8.35. The SMILES string of the molecule is CC1CCC(C)C(CN)(N2CCN(C3CC3)CC2)C1. The van der Waals surface area contributed by atoms with Crippen LogP contribution >= 0.6 is 0 Å². The second kappa shape index (κ2) is 5.34. The first-order chi connectivity index (χ1) is 9.15. The largest absolute Gasteiger partial charge is 0.329 e. The summed E-state index contributed by atoms with van der Waals surface area (Å²) in [5, 5.41) is 0. The van der Waals surface area contributed by atoms with Crippen molar-refractivity contribution in [3.8, 4) is 0 Å². The van der Waals surface area contributed by atoms with Crippen LogP contribution in [0.4, 0.5) is 0 Å². The predicted molar refractivity (Wildman–Crippen MR) is 80.1 cm³/mol. The van der Waals surface area contributed by atoms with Crippen LogP contribution in [0.2, 0.25) is 0 Å². The van der Waals surface area contributed by atoms with E-state index in [1.54, 1.807) is 0 Å². The Morgan fingerprint density at radius 3 is 2.26 bits per heavy atom. The van der Waals surface area contributed by atoms with Gasteiger partial charge in [0.05, 0.1) is 0 Å². The zero-order valence-electron chi connectivity index (χ0n) is 12.8. The summed E-state index contributed by atoms with van der Waals surface area (Å²) in [6.45, 7) is 10.7. The summed E-state index contributed by atoms with van der Waals surface area (Å²) >= 11 is 0. The quantitative estimate of drug-likeness (QED) is 0.846. The van der Waals surface area contributed by atoms with Crippen molar-refractivity contribution in [1.82, 2.24) is 9.80 Å². The average Bonchev–Trinajstić information content (AvgIpc) is 3.26. The van der Waals surface area contributed by atoms with Crippen LogP contribution in [0, 0.1) is 11.8 Å². The molecule has 110 valence electrons. The molecule has 3 atom stereocenters. The zero-order chi connectivity index (χ0) is 13.5. The van der Waals surface area contributed by atoms with Gasteiger partial charge in [0.2, 0.25) is 0 Å². The van der Waals surface area contributed by atoms with E-state index in [4.69, 9.17) is 5.73 Å². The van der Waals surface area contributed by atoms with Gasteiger partial charge in [0.15, 0.2) is 0 Å². The van der Waals surface area contributed by atoms with Crippen molar-refractivity contribution in [2.45, 2.75) is 57.5 Å². The van der Waals surface area contributed by atoms with Crippen LogP contribution in [-0.2, 0) is 0 Å². The van der Waals surface area contributed by atoms with Crippen LogP contribution < -0.4 is 5.73 Å². The predicted octanol–water partition coefficient (Wildman–Crippen LogP) is 1.92. The summed E-state index contributed by atoms with van der Waals surface area (Å²) in [6, 6.07) is 0.929. The maximum Gasteiger partial charge on any atom is 0.0360 e. The molecular formula is C16H31N3. The number of nitrogens with zero attached hydrogens (tertiary/aromatic N) is 2. The molecule has 3 rings (SSSR count). The van der Waals surface area contributed by atoms with Gasteiger partial charge < -0.3 is 5.73 Å². The summed E-state index contributed by atoms with van der Waals surface area (Å²) in [5.74, 6) is 1.61. The zero-order valence-corrected chi connectivity index (χ0v) is 12.8. The first-order valence-corrected chi connectivity index (χ1v) is 8.35. The van der Waals surface area contributed by atoms with E-state index in [-0.39, 0.29) is 0 Å². The van der Waals surface area contributed by atoms with Gasteiger partial charge in [-0.1, -0.05) is 20.3 Å². The summed E-state index contributed by atoms with van der Waals surface area (Å²) < 4.78 is 0. The molecule has 3 fully saturated rings. The highest BCUT2D eigenvalue weighted by Gasteiger charge is 2.45. The Morgan fingerprint density at radius 1 is 1.00 bits per heavy atom. The minimum atomic E-state index is 0.299. The Kier molecular flexibility index (Phi) is 3.89. The van der Waals surface area contributed by atoms with Crippen LogP contribution in [0.15, 0.2) is 0 Å². The van der Waals surface area contributed by atoms with Crippen LogP contribution in [0.1, 0.15) is 46.0 Å².